The van der Waals surface area contributed by atoms with Crippen molar-refractivity contribution in [3.05, 3.63) is 11.4 Å². The monoisotopic (exact) mass is 287 g/mol. The Hall–Kier alpha value is -1.41. The number of rotatable bonds is 7. The quantitative estimate of drug-likeness (QED) is 0.380. The van der Waals surface area contributed by atoms with Gasteiger partial charge in [-0.25, -0.2) is 24.2 Å². The maximum Gasteiger partial charge on any atom is 0.148 e. The summed E-state index contributed by atoms with van der Waals surface area (Å²) in [7, 11) is -2.92. The Morgan fingerprint density at radius 3 is 2.42 bits per heavy atom. The SMILES string of the molecule is CCc1nc(NN)c(C)c(NCCCS(C)(=O)=O)n1. The van der Waals surface area contributed by atoms with Gasteiger partial charge in [-0.3, -0.25) is 0 Å². The summed E-state index contributed by atoms with van der Waals surface area (Å²) in [5.74, 6) is 7.52. The van der Waals surface area contributed by atoms with E-state index in [0.717, 1.165) is 5.56 Å². The Kier molecular flexibility index (Phi) is 5.49. The van der Waals surface area contributed by atoms with Crippen LogP contribution in [-0.2, 0) is 16.3 Å². The van der Waals surface area contributed by atoms with E-state index in [2.05, 4.69) is 20.7 Å². The Morgan fingerprint density at radius 2 is 1.89 bits per heavy atom. The zero-order chi connectivity index (χ0) is 14.5. The molecule has 1 rings (SSSR count). The van der Waals surface area contributed by atoms with Crippen LogP contribution in [0.1, 0.15) is 24.7 Å². The average molecular weight is 287 g/mol. The molecule has 0 aliphatic rings. The normalized spacial score (nSPS) is 11.4. The van der Waals surface area contributed by atoms with Crippen molar-refractivity contribution in [1.82, 2.24) is 9.97 Å². The molecule has 0 radical (unpaired) electrons. The van der Waals surface area contributed by atoms with Gasteiger partial charge in [-0.05, 0) is 13.3 Å². The van der Waals surface area contributed by atoms with Crippen LogP contribution in [0.2, 0.25) is 0 Å². The lowest BCUT2D eigenvalue weighted by Crippen LogP contribution is -2.16. The van der Waals surface area contributed by atoms with Crippen LogP contribution in [0.3, 0.4) is 0 Å². The first-order valence-electron chi connectivity index (χ1n) is 6.13. The molecule has 7 nitrogen and oxygen atoms in total. The fourth-order valence-electron chi connectivity index (χ4n) is 1.57. The number of aryl methyl sites for hydroxylation is 1. The standard InChI is InChI=1S/C11H21N5O2S/c1-4-9-14-10(8(2)11(15-9)16-12)13-6-5-7-19(3,17)18/h4-7,12H2,1-3H3,(H2,13,14,15,16). The van der Waals surface area contributed by atoms with Crippen molar-refractivity contribution in [3.8, 4) is 0 Å². The van der Waals surface area contributed by atoms with Crippen LogP contribution in [0.4, 0.5) is 11.6 Å². The molecule has 0 spiro atoms. The Balaban J connectivity index is 2.72. The molecular weight excluding hydrogens is 266 g/mol. The van der Waals surface area contributed by atoms with Gasteiger partial charge in [0.15, 0.2) is 0 Å². The molecule has 1 aromatic heterocycles. The topological polar surface area (TPSA) is 110 Å². The van der Waals surface area contributed by atoms with E-state index in [1.165, 1.54) is 6.26 Å². The van der Waals surface area contributed by atoms with Crippen molar-refractivity contribution in [2.24, 2.45) is 5.84 Å². The highest BCUT2D eigenvalue weighted by Gasteiger charge is 2.09. The minimum atomic E-state index is -2.92. The number of nitrogens with two attached hydrogens (primary N) is 1. The third kappa shape index (κ3) is 4.99. The van der Waals surface area contributed by atoms with E-state index in [4.69, 9.17) is 5.84 Å². The number of sulfone groups is 1. The van der Waals surface area contributed by atoms with Gasteiger partial charge in [0.1, 0.15) is 27.3 Å². The lowest BCUT2D eigenvalue weighted by Gasteiger charge is -2.12. The fourth-order valence-corrected chi connectivity index (χ4v) is 2.24. The van der Waals surface area contributed by atoms with Crippen LogP contribution < -0.4 is 16.6 Å². The van der Waals surface area contributed by atoms with Crippen LogP contribution in [0.25, 0.3) is 0 Å². The first kappa shape index (κ1) is 15.6. The highest BCUT2D eigenvalue weighted by molar-refractivity contribution is 7.90. The maximum absolute atomic E-state index is 11.0. The number of hydrazine groups is 1. The van der Waals surface area contributed by atoms with Gasteiger partial charge in [0.05, 0.1) is 5.75 Å². The van der Waals surface area contributed by atoms with Crippen molar-refractivity contribution >= 4 is 21.5 Å². The van der Waals surface area contributed by atoms with Crippen LogP contribution in [-0.4, -0.2) is 36.9 Å². The number of aromatic nitrogens is 2. The van der Waals surface area contributed by atoms with Gasteiger partial charge in [-0.2, -0.15) is 0 Å². The highest BCUT2D eigenvalue weighted by Crippen LogP contribution is 2.19. The molecule has 4 N–H and O–H groups in total. The molecule has 0 atom stereocenters. The first-order valence-corrected chi connectivity index (χ1v) is 8.19. The molecule has 0 saturated carbocycles. The third-order valence-corrected chi connectivity index (χ3v) is 3.66. The van der Waals surface area contributed by atoms with E-state index in [9.17, 15) is 8.42 Å². The van der Waals surface area contributed by atoms with Gasteiger partial charge in [0.2, 0.25) is 0 Å². The zero-order valence-electron chi connectivity index (χ0n) is 11.5. The van der Waals surface area contributed by atoms with E-state index < -0.39 is 9.84 Å². The van der Waals surface area contributed by atoms with E-state index in [1.807, 2.05) is 13.8 Å². The summed E-state index contributed by atoms with van der Waals surface area (Å²) < 4.78 is 22.1. The van der Waals surface area contributed by atoms with Gasteiger partial charge in [0, 0.05) is 24.8 Å². The molecule has 0 aliphatic heterocycles. The zero-order valence-corrected chi connectivity index (χ0v) is 12.3. The number of hydrogen-bond acceptors (Lipinski definition) is 7. The smallest absolute Gasteiger partial charge is 0.148 e. The minimum Gasteiger partial charge on any atom is -0.370 e. The predicted molar refractivity (Wildman–Crippen MR) is 76.8 cm³/mol. The molecule has 0 aliphatic carbocycles. The van der Waals surface area contributed by atoms with Crippen molar-refractivity contribution in [2.75, 3.05) is 29.3 Å². The van der Waals surface area contributed by atoms with E-state index >= 15 is 0 Å². The van der Waals surface area contributed by atoms with Crippen LogP contribution >= 0.6 is 0 Å². The lowest BCUT2D eigenvalue weighted by atomic mass is 10.3. The second-order valence-corrected chi connectivity index (χ2v) is 6.63. The van der Waals surface area contributed by atoms with Gasteiger partial charge in [-0.15, -0.1) is 0 Å². The number of hydrogen-bond donors (Lipinski definition) is 3. The Labute approximate surface area is 113 Å². The van der Waals surface area contributed by atoms with Crippen LogP contribution in [0.15, 0.2) is 0 Å². The Morgan fingerprint density at radius 1 is 1.26 bits per heavy atom. The molecule has 1 heterocycles. The molecule has 0 saturated heterocycles. The second kappa shape index (κ2) is 6.67. The van der Waals surface area contributed by atoms with Gasteiger partial charge >= 0.3 is 0 Å². The van der Waals surface area contributed by atoms with E-state index in [1.54, 1.807) is 0 Å². The summed E-state index contributed by atoms with van der Waals surface area (Å²) in [6, 6.07) is 0. The van der Waals surface area contributed by atoms with Crippen molar-refractivity contribution in [3.63, 3.8) is 0 Å². The number of anilines is 2. The van der Waals surface area contributed by atoms with Gasteiger partial charge in [-0.1, -0.05) is 6.92 Å². The van der Waals surface area contributed by atoms with E-state index in [-0.39, 0.29) is 5.75 Å². The molecule has 8 heteroatoms. The summed E-state index contributed by atoms with van der Waals surface area (Å²) in [5.41, 5.74) is 3.36. The molecule has 0 amide bonds. The van der Waals surface area contributed by atoms with Crippen molar-refractivity contribution in [2.45, 2.75) is 26.7 Å². The molecule has 0 aromatic carbocycles. The first-order chi connectivity index (χ1) is 8.87. The molecule has 1 aromatic rings. The maximum atomic E-state index is 11.0. The molecule has 108 valence electrons. The van der Waals surface area contributed by atoms with Gasteiger partial charge < -0.3 is 10.7 Å². The highest BCUT2D eigenvalue weighted by atomic mass is 32.2. The van der Waals surface area contributed by atoms with E-state index in [0.29, 0.717) is 36.8 Å². The predicted octanol–water partition coefficient (Wildman–Crippen LogP) is 0.480. The largest absolute Gasteiger partial charge is 0.370 e. The molecule has 0 unspecified atom stereocenters. The van der Waals surface area contributed by atoms with Gasteiger partial charge in [0.25, 0.3) is 0 Å². The summed E-state index contributed by atoms with van der Waals surface area (Å²) in [6.45, 7) is 4.35. The summed E-state index contributed by atoms with van der Waals surface area (Å²) >= 11 is 0. The van der Waals surface area contributed by atoms with Crippen LogP contribution in [0, 0.1) is 6.92 Å². The molecule has 0 fully saturated rings. The summed E-state index contributed by atoms with van der Waals surface area (Å²) in [4.78, 5) is 8.62. The molecule has 19 heavy (non-hydrogen) atoms. The van der Waals surface area contributed by atoms with Crippen LogP contribution in [0.5, 0.6) is 0 Å². The Bertz CT molecular complexity index is 530. The van der Waals surface area contributed by atoms with Crippen molar-refractivity contribution in [1.29, 1.82) is 0 Å². The average Bonchev–Trinajstić information content (AvgIpc) is 2.35. The fraction of sp³-hybridized carbons (Fsp3) is 0.636. The van der Waals surface area contributed by atoms with Crippen molar-refractivity contribution < 1.29 is 8.42 Å². The lowest BCUT2D eigenvalue weighted by molar-refractivity contribution is 0.600. The molecule has 0 bridgehead atoms. The number of nitrogen functional groups attached to an aromatic ring is 1. The number of nitrogens with one attached hydrogen (secondary N) is 2. The summed E-state index contributed by atoms with van der Waals surface area (Å²) in [6.07, 6.45) is 2.47. The second-order valence-electron chi connectivity index (χ2n) is 4.37. The molecular formula is C11H21N5O2S. The number of nitrogens with zero attached hydrogens (tertiary/aromatic N) is 2. The third-order valence-electron chi connectivity index (χ3n) is 2.63. The minimum absolute atomic E-state index is 0.159. The summed E-state index contributed by atoms with van der Waals surface area (Å²) in [5, 5.41) is 3.12.